The van der Waals surface area contributed by atoms with E-state index in [0.717, 1.165) is 26.2 Å². The van der Waals surface area contributed by atoms with Gasteiger partial charge in [-0.3, -0.25) is 29.1 Å². The van der Waals surface area contributed by atoms with Gasteiger partial charge in [0.25, 0.3) is 17.2 Å². The van der Waals surface area contributed by atoms with Gasteiger partial charge < -0.3 is 25.1 Å². The molecule has 2 saturated heterocycles. The smallest absolute Gasteiger partial charge is 0.277 e. The van der Waals surface area contributed by atoms with E-state index in [1.165, 1.54) is 17.0 Å². The molecule has 4 aromatic rings. The van der Waals surface area contributed by atoms with Gasteiger partial charge in [-0.1, -0.05) is 24.3 Å². The van der Waals surface area contributed by atoms with Crippen molar-refractivity contribution in [1.82, 2.24) is 24.3 Å². The summed E-state index contributed by atoms with van der Waals surface area (Å²) < 4.78 is 1.40. The molecule has 250 valence electrons. The quantitative estimate of drug-likeness (QED) is 0.205. The average molecular weight is 654 g/mol. The average Bonchev–Trinajstić information content (AvgIpc) is 3.09. The molecule has 2 aliphatic rings. The number of rotatable bonds is 9. The number of piperidine rings is 1. The Balaban J connectivity index is 1.04. The number of para-hydroxylation sites is 1. The number of anilines is 1. The molecule has 2 N–H and O–H groups in total. The van der Waals surface area contributed by atoms with Gasteiger partial charge in [-0.2, -0.15) is 0 Å². The fraction of sp³-hybridized carbons (Fsp3) is 0.371. The Labute approximate surface area is 277 Å². The molecule has 2 fully saturated rings. The van der Waals surface area contributed by atoms with Crippen LogP contribution in [0.4, 0.5) is 11.4 Å². The molecule has 0 bridgehead atoms. The van der Waals surface area contributed by atoms with Crippen LogP contribution in [0.25, 0.3) is 22.0 Å². The summed E-state index contributed by atoms with van der Waals surface area (Å²) in [5.74, 6) is -0.290. The van der Waals surface area contributed by atoms with E-state index in [-0.39, 0.29) is 42.4 Å². The number of aromatic nitrogens is 2. The van der Waals surface area contributed by atoms with Gasteiger partial charge in [0.05, 0.1) is 39.9 Å². The predicted molar refractivity (Wildman–Crippen MR) is 182 cm³/mol. The standard InChI is InChI=1S/C35H39N7O6/c1-38-18-20-39(21-19-38)15-12-32(43)37-27-10-11-29-30(22-27)36-24-41(34(29)45)23-35(46)13-16-40(17-14-35)33(44)26-8-6-25(7-9-26)28-4-2-3-5-31(28)42(47)48/h2-11,22,24,46H,12-21,23H2,1H3,(H,37,43). The molecule has 2 aliphatic heterocycles. The SMILES string of the molecule is CN1CCN(CCC(=O)Nc2ccc3c(=O)n(CC4(O)CCN(C(=O)c5ccc(-c6ccccc6[N+](=O)[O-])cc5)CC4)cnc3c2)CC1. The number of hydrogen-bond donors (Lipinski definition) is 2. The van der Waals surface area contributed by atoms with Gasteiger partial charge in [-0.15, -0.1) is 0 Å². The molecule has 0 spiro atoms. The van der Waals surface area contributed by atoms with Crippen LogP contribution >= 0.6 is 0 Å². The molecule has 13 heteroatoms. The number of benzene rings is 3. The number of nitro groups is 1. The van der Waals surface area contributed by atoms with Crippen molar-refractivity contribution in [3.05, 3.63) is 99.1 Å². The second kappa shape index (κ2) is 14.0. The zero-order valence-electron chi connectivity index (χ0n) is 26.9. The van der Waals surface area contributed by atoms with Gasteiger partial charge in [0.15, 0.2) is 0 Å². The second-order valence-corrected chi connectivity index (χ2v) is 12.7. The summed E-state index contributed by atoms with van der Waals surface area (Å²) in [4.78, 5) is 60.8. The van der Waals surface area contributed by atoms with Crippen molar-refractivity contribution in [2.75, 3.05) is 58.2 Å². The van der Waals surface area contributed by atoms with Crippen molar-refractivity contribution < 1.29 is 19.6 Å². The van der Waals surface area contributed by atoms with Crippen LogP contribution < -0.4 is 10.9 Å². The number of piperazine rings is 1. The Hall–Kier alpha value is -4.98. The van der Waals surface area contributed by atoms with Crippen LogP contribution in [0.5, 0.6) is 0 Å². The van der Waals surface area contributed by atoms with E-state index in [4.69, 9.17) is 0 Å². The molecular formula is C35H39N7O6. The van der Waals surface area contributed by atoms with Crippen molar-refractivity contribution in [2.45, 2.75) is 31.4 Å². The summed E-state index contributed by atoms with van der Waals surface area (Å²) in [7, 11) is 2.09. The highest BCUT2D eigenvalue weighted by molar-refractivity contribution is 5.95. The van der Waals surface area contributed by atoms with Crippen LogP contribution in [0.2, 0.25) is 0 Å². The lowest BCUT2D eigenvalue weighted by Crippen LogP contribution is -2.49. The number of likely N-dealkylation sites (N-methyl/N-ethyl adjacent to an activating group) is 1. The summed E-state index contributed by atoms with van der Waals surface area (Å²) in [5.41, 5.74) is 1.08. The second-order valence-electron chi connectivity index (χ2n) is 12.7. The highest BCUT2D eigenvalue weighted by Crippen LogP contribution is 2.30. The van der Waals surface area contributed by atoms with Gasteiger partial charge in [0.2, 0.25) is 5.91 Å². The zero-order valence-corrected chi connectivity index (χ0v) is 26.9. The molecule has 0 saturated carbocycles. The number of hydrogen-bond acceptors (Lipinski definition) is 9. The lowest BCUT2D eigenvalue weighted by atomic mass is 9.90. The van der Waals surface area contributed by atoms with Crippen molar-refractivity contribution in [2.24, 2.45) is 0 Å². The lowest BCUT2D eigenvalue weighted by Gasteiger charge is -2.38. The summed E-state index contributed by atoms with van der Waals surface area (Å²) in [5, 5.41) is 26.1. The maximum Gasteiger partial charge on any atom is 0.277 e. The lowest BCUT2D eigenvalue weighted by molar-refractivity contribution is -0.384. The maximum atomic E-state index is 13.3. The number of fused-ring (bicyclic) bond motifs is 1. The van der Waals surface area contributed by atoms with Crippen LogP contribution in [0.3, 0.4) is 0 Å². The van der Waals surface area contributed by atoms with E-state index < -0.39 is 10.5 Å². The molecule has 3 heterocycles. The number of nitrogens with zero attached hydrogens (tertiary/aromatic N) is 6. The van der Waals surface area contributed by atoms with Crippen LogP contribution in [0, 0.1) is 10.1 Å². The number of amides is 2. The minimum atomic E-state index is -1.20. The molecule has 0 radical (unpaired) electrons. The Morgan fingerprint density at radius 1 is 0.979 bits per heavy atom. The third kappa shape index (κ3) is 7.43. The number of aliphatic hydroxyl groups is 1. The Kier molecular flexibility index (Phi) is 9.62. The molecule has 0 unspecified atom stereocenters. The van der Waals surface area contributed by atoms with E-state index in [0.29, 0.717) is 59.3 Å². The third-order valence-corrected chi connectivity index (χ3v) is 9.35. The Morgan fingerprint density at radius 3 is 2.40 bits per heavy atom. The summed E-state index contributed by atoms with van der Waals surface area (Å²) in [6.45, 7) is 5.21. The molecule has 13 nitrogen and oxygen atoms in total. The van der Waals surface area contributed by atoms with Crippen LogP contribution in [-0.2, 0) is 11.3 Å². The number of carbonyl (C=O) groups excluding carboxylic acids is 2. The molecule has 3 aromatic carbocycles. The van der Waals surface area contributed by atoms with Crippen LogP contribution in [-0.4, -0.2) is 105 Å². The number of carbonyl (C=O) groups is 2. The topological polar surface area (TPSA) is 154 Å². The van der Waals surface area contributed by atoms with Crippen molar-refractivity contribution in [3.63, 3.8) is 0 Å². The van der Waals surface area contributed by atoms with E-state index in [1.54, 1.807) is 65.6 Å². The van der Waals surface area contributed by atoms with E-state index in [2.05, 4.69) is 27.1 Å². The Morgan fingerprint density at radius 2 is 1.69 bits per heavy atom. The molecular weight excluding hydrogens is 614 g/mol. The molecule has 6 rings (SSSR count). The molecule has 1 aromatic heterocycles. The van der Waals surface area contributed by atoms with Crippen LogP contribution in [0.15, 0.2) is 77.9 Å². The monoisotopic (exact) mass is 653 g/mol. The number of nitro benzene ring substituents is 1. The first-order valence-corrected chi connectivity index (χ1v) is 16.1. The van der Waals surface area contributed by atoms with Crippen molar-refractivity contribution in [3.8, 4) is 11.1 Å². The van der Waals surface area contributed by atoms with Gasteiger partial charge in [0, 0.05) is 69.6 Å². The molecule has 48 heavy (non-hydrogen) atoms. The van der Waals surface area contributed by atoms with E-state index in [1.807, 2.05) is 0 Å². The van der Waals surface area contributed by atoms with Crippen LogP contribution in [0.1, 0.15) is 29.6 Å². The highest BCUT2D eigenvalue weighted by Gasteiger charge is 2.35. The van der Waals surface area contributed by atoms with Crippen molar-refractivity contribution >= 4 is 34.1 Å². The first-order chi connectivity index (χ1) is 23.1. The van der Waals surface area contributed by atoms with Crippen molar-refractivity contribution in [1.29, 1.82) is 0 Å². The summed E-state index contributed by atoms with van der Waals surface area (Å²) in [6.07, 6.45) is 2.34. The maximum absolute atomic E-state index is 13.3. The first-order valence-electron chi connectivity index (χ1n) is 16.1. The van der Waals surface area contributed by atoms with Gasteiger partial charge >= 0.3 is 0 Å². The first kappa shape index (κ1) is 32.9. The zero-order chi connectivity index (χ0) is 33.8. The van der Waals surface area contributed by atoms with Gasteiger partial charge in [-0.05, 0) is 61.9 Å². The van der Waals surface area contributed by atoms with E-state index in [9.17, 15) is 29.6 Å². The third-order valence-electron chi connectivity index (χ3n) is 9.35. The normalized spacial score (nSPS) is 16.9. The number of likely N-dealkylation sites (tertiary alicyclic amines) is 1. The summed E-state index contributed by atoms with van der Waals surface area (Å²) >= 11 is 0. The van der Waals surface area contributed by atoms with Gasteiger partial charge in [0.1, 0.15) is 0 Å². The fourth-order valence-electron chi connectivity index (χ4n) is 6.36. The minimum Gasteiger partial charge on any atom is -0.388 e. The minimum absolute atomic E-state index is 0.00607. The van der Waals surface area contributed by atoms with Gasteiger partial charge in [-0.25, -0.2) is 4.98 Å². The molecule has 2 amide bonds. The summed E-state index contributed by atoms with van der Waals surface area (Å²) in [6, 6.07) is 18.2. The largest absolute Gasteiger partial charge is 0.388 e. The molecule has 0 aliphatic carbocycles. The molecule has 0 atom stereocenters. The highest BCUT2D eigenvalue weighted by atomic mass is 16.6. The predicted octanol–water partition coefficient (Wildman–Crippen LogP) is 3.22. The van der Waals surface area contributed by atoms with E-state index >= 15 is 0 Å². The Bertz CT molecular complexity index is 1880. The number of nitrogens with one attached hydrogen (secondary N) is 1. The fourth-order valence-corrected chi connectivity index (χ4v) is 6.36.